The second-order valence-electron chi connectivity index (χ2n) is 4.39. The standard InChI is InChI=1S/C13H20BrN3OS/c1-9(6-7-19-3)17(2)12-8-10(14)4-5-11(12)13(15)16-18/h4-5,8-9,18H,6-7H2,1-3H3,(H2,15,16). The molecule has 1 unspecified atom stereocenters. The van der Waals surface area contributed by atoms with E-state index in [9.17, 15) is 0 Å². The van der Waals surface area contributed by atoms with Gasteiger partial charge in [-0.1, -0.05) is 21.1 Å². The molecule has 0 aromatic heterocycles. The van der Waals surface area contributed by atoms with Crippen LogP contribution in [0.5, 0.6) is 0 Å². The van der Waals surface area contributed by atoms with Crippen molar-refractivity contribution in [3.63, 3.8) is 0 Å². The second kappa shape index (κ2) is 7.65. The van der Waals surface area contributed by atoms with Gasteiger partial charge in [-0.15, -0.1) is 0 Å². The van der Waals surface area contributed by atoms with Gasteiger partial charge in [-0.25, -0.2) is 0 Å². The maximum absolute atomic E-state index is 8.87. The van der Waals surface area contributed by atoms with Crippen molar-refractivity contribution in [1.82, 2.24) is 0 Å². The number of thioether (sulfide) groups is 1. The van der Waals surface area contributed by atoms with Crippen LogP contribution in [0.3, 0.4) is 0 Å². The molecule has 0 amide bonds. The Morgan fingerprint density at radius 2 is 2.26 bits per heavy atom. The molecule has 0 heterocycles. The molecular formula is C13H20BrN3OS. The van der Waals surface area contributed by atoms with E-state index in [1.807, 2.05) is 37.0 Å². The minimum atomic E-state index is 0.131. The third kappa shape index (κ3) is 4.31. The number of oxime groups is 1. The van der Waals surface area contributed by atoms with Crippen LogP contribution in [-0.4, -0.2) is 36.1 Å². The Morgan fingerprint density at radius 3 is 2.84 bits per heavy atom. The van der Waals surface area contributed by atoms with Gasteiger partial charge in [-0.2, -0.15) is 11.8 Å². The summed E-state index contributed by atoms with van der Waals surface area (Å²) in [6, 6.07) is 6.11. The Labute approximate surface area is 127 Å². The van der Waals surface area contributed by atoms with Gasteiger partial charge in [0.1, 0.15) is 0 Å². The van der Waals surface area contributed by atoms with Crippen molar-refractivity contribution < 1.29 is 5.21 Å². The number of hydrogen-bond donors (Lipinski definition) is 2. The van der Waals surface area contributed by atoms with Gasteiger partial charge >= 0.3 is 0 Å². The number of anilines is 1. The number of amidine groups is 1. The Kier molecular flexibility index (Phi) is 6.51. The lowest BCUT2D eigenvalue weighted by Crippen LogP contribution is -2.31. The fourth-order valence-electron chi connectivity index (χ4n) is 1.79. The number of benzene rings is 1. The lowest BCUT2D eigenvalue weighted by molar-refractivity contribution is 0.318. The van der Waals surface area contributed by atoms with E-state index in [1.54, 1.807) is 0 Å². The Morgan fingerprint density at radius 1 is 1.58 bits per heavy atom. The van der Waals surface area contributed by atoms with E-state index in [0.29, 0.717) is 6.04 Å². The van der Waals surface area contributed by atoms with Gasteiger partial charge in [0.2, 0.25) is 0 Å². The van der Waals surface area contributed by atoms with Crippen molar-refractivity contribution in [2.75, 3.05) is 24.0 Å². The zero-order chi connectivity index (χ0) is 14.4. The van der Waals surface area contributed by atoms with Gasteiger partial charge in [0.15, 0.2) is 5.84 Å². The summed E-state index contributed by atoms with van der Waals surface area (Å²) in [6.45, 7) is 2.17. The fourth-order valence-corrected chi connectivity index (χ4v) is 2.71. The smallest absolute Gasteiger partial charge is 0.172 e. The van der Waals surface area contributed by atoms with Gasteiger partial charge in [-0.3, -0.25) is 0 Å². The van der Waals surface area contributed by atoms with E-state index in [1.165, 1.54) is 0 Å². The highest BCUT2D eigenvalue weighted by Gasteiger charge is 2.16. The molecule has 4 nitrogen and oxygen atoms in total. The molecule has 19 heavy (non-hydrogen) atoms. The third-order valence-corrected chi connectivity index (χ3v) is 4.26. The van der Waals surface area contributed by atoms with E-state index in [0.717, 1.165) is 27.9 Å². The predicted molar refractivity (Wildman–Crippen MR) is 87.5 cm³/mol. The number of nitrogens with zero attached hydrogens (tertiary/aromatic N) is 2. The Balaban J connectivity index is 3.06. The van der Waals surface area contributed by atoms with Crippen LogP contribution < -0.4 is 10.6 Å². The number of halogens is 1. The maximum Gasteiger partial charge on any atom is 0.172 e. The largest absolute Gasteiger partial charge is 0.409 e. The highest BCUT2D eigenvalue weighted by atomic mass is 79.9. The van der Waals surface area contributed by atoms with Crippen LogP contribution in [0, 0.1) is 0 Å². The van der Waals surface area contributed by atoms with Crippen LogP contribution in [0.15, 0.2) is 27.8 Å². The normalized spacial score (nSPS) is 13.4. The van der Waals surface area contributed by atoms with Crippen molar-refractivity contribution in [3.05, 3.63) is 28.2 Å². The molecule has 1 atom stereocenters. The SMILES string of the molecule is CSCCC(C)N(C)c1cc(Br)ccc1/C(N)=N/O. The van der Waals surface area contributed by atoms with Crippen LogP contribution in [0.1, 0.15) is 18.9 Å². The highest BCUT2D eigenvalue weighted by Crippen LogP contribution is 2.26. The minimum absolute atomic E-state index is 0.131. The summed E-state index contributed by atoms with van der Waals surface area (Å²) in [5, 5.41) is 12.0. The molecule has 6 heteroatoms. The lowest BCUT2D eigenvalue weighted by atomic mass is 10.1. The molecule has 1 rings (SSSR count). The summed E-state index contributed by atoms with van der Waals surface area (Å²) in [6.07, 6.45) is 3.19. The van der Waals surface area contributed by atoms with Gasteiger partial charge < -0.3 is 15.8 Å². The van der Waals surface area contributed by atoms with Crippen LogP contribution in [-0.2, 0) is 0 Å². The molecule has 0 bridgehead atoms. The predicted octanol–water partition coefficient (Wildman–Crippen LogP) is 3.12. The number of rotatable bonds is 6. The summed E-state index contributed by atoms with van der Waals surface area (Å²) < 4.78 is 0.973. The molecule has 0 spiro atoms. The molecule has 0 aliphatic carbocycles. The van der Waals surface area contributed by atoms with E-state index in [4.69, 9.17) is 10.9 Å². The monoisotopic (exact) mass is 345 g/mol. The zero-order valence-electron chi connectivity index (χ0n) is 11.4. The van der Waals surface area contributed by atoms with E-state index < -0.39 is 0 Å². The molecule has 1 aromatic rings. The Bertz CT molecular complexity index is 454. The van der Waals surface area contributed by atoms with Crippen molar-refractivity contribution in [3.8, 4) is 0 Å². The Hall–Kier alpha value is -0.880. The molecule has 0 radical (unpaired) electrons. The quantitative estimate of drug-likeness (QED) is 0.360. The second-order valence-corrected chi connectivity index (χ2v) is 6.29. The highest BCUT2D eigenvalue weighted by molar-refractivity contribution is 9.10. The first kappa shape index (κ1) is 16.2. The summed E-state index contributed by atoms with van der Waals surface area (Å²) in [7, 11) is 2.03. The van der Waals surface area contributed by atoms with Gasteiger partial charge in [-0.05, 0) is 43.6 Å². The van der Waals surface area contributed by atoms with E-state index in [-0.39, 0.29) is 5.84 Å². The topological polar surface area (TPSA) is 61.8 Å². The molecule has 0 aliphatic rings. The van der Waals surface area contributed by atoms with Gasteiger partial charge in [0.25, 0.3) is 0 Å². The minimum Gasteiger partial charge on any atom is -0.409 e. The number of nitrogens with two attached hydrogens (primary N) is 1. The molecule has 1 aromatic carbocycles. The molecule has 0 saturated carbocycles. The van der Waals surface area contributed by atoms with Gasteiger partial charge in [0.05, 0.1) is 0 Å². The van der Waals surface area contributed by atoms with Crippen LogP contribution in [0.4, 0.5) is 5.69 Å². The first-order valence-electron chi connectivity index (χ1n) is 6.00. The maximum atomic E-state index is 8.87. The number of hydrogen-bond acceptors (Lipinski definition) is 4. The van der Waals surface area contributed by atoms with Crippen molar-refractivity contribution in [2.24, 2.45) is 10.9 Å². The van der Waals surface area contributed by atoms with E-state index in [2.05, 4.69) is 39.2 Å². The average molecular weight is 346 g/mol. The van der Waals surface area contributed by atoms with Crippen LogP contribution in [0.2, 0.25) is 0 Å². The molecular weight excluding hydrogens is 326 g/mol. The van der Waals surface area contributed by atoms with Crippen LogP contribution in [0.25, 0.3) is 0 Å². The first-order chi connectivity index (χ1) is 9.01. The van der Waals surface area contributed by atoms with Crippen molar-refractivity contribution in [1.29, 1.82) is 0 Å². The van der Waals surface area contributed by atoms with Crippen molar-refractivity contribution in [2.45, 2.75) is 19.4 Å². The van der Waals surface area contributed by atoms with Gasteiger partial charge in [0, 0.05) is 28.8 Å². The molecule has 0 aliphatic heterocycles. The molecule has 0 fully saturated rings. The molecule has 3 N–H and O–H groups in total. The third-order valence-electron chi connectivity index (χ3n) is 3.12. The van der Waals surface area contributed by atoms with Crippen molar-refractivity contribution >= 4 is 39.2 Å². The molecule has 106 valence electrons. The summed E-state index contributed by atoms with van der Waals surface area (Å²) in [4.78, 5) is 2.16. The average Bonchev–Trinajstić information content (AvgIpc) is 2.42. The zero-order valence-corrected chi connectivity index (χ0v) is 13.8. The summed E-state index contributed by atoms with van der Waals surface area (Å²) in [5.74, 6) is 1.24. The summed E-state index contributed by atoms with van der Waals surface area (Å²) >= 11 is 5.30. The fraction of sp³-hybridized carbons (Fsp3) is 0.462. The van der Waals surface area contributed by atoms with Crippen LogP contribution >= 0.6 is 27.7 Å². The summed E-state index contributed by atoms with van der Waals surface area (Å²) in [5.41, 5.74) is 7.43. The first-order valence-corrected chi connectivity index (χ1v) is 8.19. The van der Waals surface area contributed by atoms with E-state index >= 15 is 0 Å². The molecule has 0 saturated heterocycles. The lowest BCUT2D eigenvalue weighted by Gasteiger charge is -2.29.